The van der Waals surface area contributed by atoms with Gasteiger partial charge in [-0.2, -0.15) is 0 Å². The fourth-order valence-corrected chi connectivity index (χ4v) is 4.72. The van der Waals surface area contributed by atoms with Gasteiger partial charge in [-0.3, -0.25) is 0 Å². The first-order chi connectivity index (χ1) is 16.2. The van der Waals surface area contributed by atoms with E-state index in [4.69, 9.17) is 9.47 Å². The summed E-state index contributed by atoms with van der Waals surface area (Å²) in [5.74, 6) is 0.183. The van der Waals surface area contributed by atoms with E-state index in [0.29, 0.717) is 30.4 Å². The minimum atomic E-state index is -0.293. The molecule has 2 aliphatic heterocycles. The van der Waals surface area contributed by atoms with Crippen LogP contribution in [-0.2, 0) is 16.0 Å². The van der Waals surface area contributed by atoms with Crippen molar-refractivity contribution < 1.29 is 13.9 Å². The summed E-state index contributed by atoms with van der Waals surface area (Å²) in [4.78, 5) is 12.2. The Hall–Kier alpha value is -3.33. The number of benzene rings is 2. The number of nitrogens with zero attached hydrogens (tertiary/aromatic N) is 2. The smallest absolute Gasteiger partial charge is 0.223 e. The molecule has 0 spiro atoms. The third-order valence-corrected chi connectivity index (χ3v) is 6.37. The highest BCUT2D eigenvalue weighted by Gasteiger charge is 2.47. The van der Waals surface area contributed by atoms with Gasteiger partial charge in [0.1, 0.15) is 18.0 Å². The van der Waals surface area contributed by atoms with E-state index >= 15 is 0 Å². The Kier molecular flexibility index (Phi) is 5.26. The fraction of sp³-hybridized carbons (Fsp3) is 0.280. The molecule has 0 bridgehead atoms. The number of aromatic amines is 1. The maximum atomic E-state index is 13.6. The van der Waals surface area contributed by atoms with Crippen molar-refractivity contribution in [3.05, 3.63) is 78.4 Å². The first kappa shape index (κ1) is 20.3. The molecule has 168 valence electrons. The third-order valence-electron chi connectivity index (χ3n) is 6.37. The summed E-state index contributed by atoms with van der Waals surface area (Å²) in [6.07, 6.45) is 3.59. The molecule has 0 radical (unpaired) electrons. The lowest BCUT2D eigenvalue weighted by molar-refractivity contribution is 0.0675. The van der Waals surface area contributed by atoms with Crippen LogP contribution in [0.25, 0.3) is 22.2 Å². The number of aromatic nitrogens is 3. The Labute approximate surface area is 190 Å². The minimum absolute atomic E-state index is 0.0425. The highest BCUT2D eigenvalue weighted by molar-refractivity contribution is 5.82. The molecule has 8 heteroatoms. The highest BCUT2D eigenvalue weighted by Crippen LogP contribution is 2.29. The van der Waals surface area contributed by atoms with Crippen molar-refractivity contribution in [2.24, 2.45) is 0 Å². The topological polar surface area (TPSA) is 84.1 Å². The molecule has 0 unspecified atom stereocenters. The summed E-state index contributed by atoms with van der Waals surface area (Å²) >= 11 is 0. The second-order valence-electron chi connectivity index (χ2n) is 8.47. The Morgan fingerprint density at radius 3 is 2.76 bits per heavy atom. The second kappa shape index (κ2) is 8.55. The van der Waals surface area contributed by atoms with Crippen molar-refractivity contribution in [3.63, 3.8) is 0 Å². The molecule has 4 heterocycles. The lowest BCUT2D eigenvalue weighted by Crippen LogP contribution is -2.41. The van der Waals surface area contributed by atoms with Crippen LogP contribution in [-0.4, -0.2) is 52.5 Å². The number of hydrogen-bond donors (Lipinski definition) is 3. The summed E-state index contributed by atoms with van der Waals surface area (Å²) in [6, 6.07) is 16.5. The SMILES string of the molecule is Fc1cccc(-c2ccnc(N[C@H]3CO[C@H]4[C@@H]3OC[C@@H]4NCc3c[nH]c4ccccc34)n2)c1. The van der Waals surface area contributed by atoms with Crippen LogP contribution in [0.4, 0.5) is 10.3 Å². The molecule has 4 atom stereocenters. The van der Waals surface area contributed by atoms with Gasteiger partial charge in [0.15, 0.2) is 0 Å². The Morgan fingerprint density at radius 2 is 1.85 bits per heavy atom. The highest BCUT2D eigenvalue weighted by atomic mass is 19.1. The zero-order valence-corrected chi connectivity index (χ0v) is 17.9. The first-order valence-electron chi connectivity index (χ1n) is 11.1. The zero-order valence-electron chi connectivity index (χ0n) is 17.9. The van der Waals surface area contributed by atoms with Crippen LogP contribution in [0.5, 0.6) is 0 Å². The lowest BCUT2D eigenvalue weighted by atomic mass is 10.1. The van der Waals surface area contributed by atoms with E-state index in [1.54, 1.807) is 18.3 Å². The maximum absolute atomic E-state index is 13.6. The molecule has 4 aromatic rings. The number of anilines is 1. The molecule has 2 fully saturated rings. The van der Waals surface area contributed by atoms with Gasteiger partial charge in [-0.25, -0.2) is 14.4 Å². The van der Waals surface area contributed by atoms with Crippen molar-refractivity contribution in [1.82, 2.24) is 20.3 Å². The predicted octanol–water partition coefficient (Wildman–Crippen LogP) is 3.50. The molecule has 0 aliphatic carbocycles. The molecule has 2 aromatic heterocycles. The van der Waals surface area contributed by atoms with E-state index in [2.05, 4.69) is 43.8 Å². The van der Waals surface area contributed by atoms with Gasteiger partial charge in [0, 0.05) is 35.4 Å². The number of rotatable bonds is 6. The summed E-state index contributed by atoms with van der Waals surface area (Å²) in [7, 11) is 0. The van der Waals surface area contributed by atoms with Gasteiger partial charge in [-0.15, -0.1) is 0 Å². The average molecular weight is 445 g/mol. The molecule has 33 heavy (non-hydrogen) atoms. The fourth-order valence-electron chi connectivity index (χ4n) is 4.72. The van der Waals surface area contributed by atoms with Crippen LogP contribution in [0.2, 0.25) is 0 Å². The van der Waals surface area contributed by atoms with Crippen LogP contribution >= 0.6 is 0 Å². The molecule has 7 nitrogen and oxygen atoms in total. The van der Waals surface area contributed by atoms with Crippen molar-refractivity contribution in [3.8, 4) is 11.3 Å². The van der Waals surface area contributed by atoms with E-state index in [-0.39, 0.29) is 30.1 Å². The van der Waals surface area contributed by atoms with Crippen LogP contribution in [0.1, 0.15) is 5.56 Å². The quantitative estimate of drug-likeness (QED) is 0.421. The Bertz CT molecular complexity index is 1280. The van der Waals surface area contributed by atoms with Crippen LogP contribution in [0.15, 0.2) is 67.0 Å². The standard InChI is InChI=1S/C25H24FN5O2/c26-17-5-3-4-15(10-17)19-8-9-27-25(30-19)31-22-14-33-23-21(13-32-24(22)23)29-12-16-11-28-20-7-2-1-6-18(16)20/h1-11,21-24,28-29H,12-14H2,(H,27,30,31)/t21-,22-,23+,24+/m0/s1. The normalized spacial score (nSPS) is 24.3. The van der Waals surface area contributed by atoms with Gasteiger partial charge < -0.3 is 25.1 Å². The molecule has 3 N–H and O–H groups in total. The van der Waals surface area contributed by atoms with Crippen LogP contribution in [0.3, 0.4) is 0 Å². The monoisotopic (exact) mass is 445 g/mol. The average Bonchev–Trinajstić information content (AvgIpc) is 3.54. The number of para-hydroxylation sites is 1. The number of fused-ring (bicyclic) bond motifs is 2. The van der Waals surface area contributed by atoms with Crippen molar-refractivity contribution in [2.45, 2.75) is 30.8 Å². The summed E-state index contributed by atoms with van der Waals surface area (Å²) in [5.41, 5.74) is 3.73. The van der Waals surface area contributed by atoms with Crippen molar-refractivity contribution >= 4 is 16.9 Å². The lowest BCUT2D eigenvalue weighted by Gasteiger charge is -2.18. The molecule has 2 aromatic carbocycles. The summed E-state index contributed by atoms with van der Waals surface area (Å²) in [6.45, 7) is 1.83. The van der Waals surface area contributed by atoms with Gasteiger partial charge >= 0.3 is 0 Å². The van der Waals surface area contributed by atoms with E-state index in [0.717, 1.165) is 12.1 Å². The molecule has 2 aliphatic rings. The molecule has 6 rings (SSSR count). The van der Waals surface area contributed by atoms with E-state index in [1.807, 2.05) is 18.3 Å². The van der Waals surface area contributed by atoms with Gasteiger partial charge in [0.2, 0.25) is 5.95 Å². The minimum Gasteiger partial charge on any atom is -0.371 e. The van der Waals surface area contributed by atoms with E-state index in [1.165, 1.54) is 23.1 Å². The molecular formula is C25H24FN5O2. The maximum Gasteiger partial charge on any atom is 0.223 e. The molecule has 0 saturated carbocycles. The van der Waals surface area contributed by atoms with Crippen molar-refractivity contribution in [1.29, 1.82) is 0 Å². The number of hydrogen-bond acceptors (Lipinski definition) is 6. The van der Waals surface area contributed by atoms with E-state index in [9.17, 15) is 4.39 Å². The predicted molar refractivity (Wildman–Crippen MR) is 123 cm³/mol. The zero-order chi connectivity index (χ0) is 22.2. The van der Waals surface area contributed by atoms with E-state index < -0.39 is 0 Å². The van der Waals surface area contributed by atoms with Crippen LogP contribution < -0.4 is 10.6 Å². The molecular weight excluding hydrogens is 421 g/mol. The summed E-state index contributed by atoms with van der Waals surface area (Å²) in [5, 5.41) is 8.18. The first-order valence-corrected chi connectivity index (χ1v) is 11.1. The number of ether oxygens (including phenoxy) is 2. The van der Waals surface area contributed by atoms with Gasteiger partial charge in [-0.1, -0.05) is 30.3 Å². The van der Waals surface area contributed by atoms with Gasteiger partial charge in [-0.05, 0) is 29.8 Å². The summed E-state index contributed by atoms with van der Waals surface area (Å²) < 4.78 is 25.8. The van der Waals surface area contributed by atoms with Crippen LogP contribution in [0, 0.1) is 5.82 Å². The third kappa shape index (κ3) is 3.97. The second-order valence-corrected chi connectivity index (χ2v) is 8.47. The molecule has 2 saturated heterocycles. The van der Waals surface area contributed by atoms with Crippen molar-refractivity contribution in [2.75, 3.05) is 18.5 Å². The largest absolute Gasteiger partial charge is 0.371 e. The van der Waals surface area contributed by atoms with Gasteiger partial charge in [0.05, 0.1) is 31.0 Å². The number of H-pyrrole nitrogens is 1. The molecule has 0 amide bonds. The Balaban J connectivity index is 1.11. The number of halogens is 1. The van der Waals surface area contributed by atoms with Gasteiger partial charge in [0.25, 0.3) is 0 Å². The Morgan fingerprint density at radius 1 is 1.00 bits per heavy atom. The number of nitrogens with one attached hydrogen (secondary N) is 3.